The van der Waals surface area contributed by atoms with Crippen LogP contribution in [0.4, 0.5) is 0 Å². The van der Waals surface area contributed by atoms with Gasteiger partial charge in [-0.3, -0.25) is 4.79 Å². The Bertz CT molecular complexity index is 850. The Morgan fingerprint density at radius 2 is 1.79 bits per heavy atom. The molecule has 0 saturated carbocycles. The van der Waals surface area contributed by atoms with Crippen molar-refractivity contribution in [1.82, 2.24) is 9.21 Å². The second-order valence-corrected chi connectivity index (χ2v) is 9.31. The lowest BCUT2D eigenvalue weighted by atomic mass is 9.88. The largest absolute Gasteiger partial charge is 0.486 e. The molecule has 1 amide bonds. The number of sulfonamides is 1. The van der Waals surface area contributed by atoms with E-state index in [1.54, 1.807) is 12.1 Å². The fourth-order valence-electron chi connectivity index (χ4n) is 4.34. The number of ether oxygens (including phenoxy) is 3. The van der Waals surface area contributed by atoms with Crippen LogP contribution >= 0.6 is 0 Å². The zero-order chi connectivity index (χ0) is 19.8. The van der Waals surface area contributed by atoms with Gasteiger partial charge in [0.15, 0.2) is 11.5 Å². The van der Waals surface area contributed by atoms with E-state index in [0.717, 1.165) is 0 Å². The standard InChI is InChI=1S/C19H26N2O6S/c1-2-21-18(22)5-8-20(14-19(21)6-9-25-10-7-19)28(23,24)15-3-4-16-17(13-15)27-12-11-26-16/h3-4,13H,2,5-12,14H2,1H3. The van der Waals surface area contributed by atoms with Crippen molar-refractivity contribution in [3.8, 4) is 11.5 Å². The highest BCUT2D eigenvalue weighted by atomic mass is 32.2. The van der Waals surface area contributed by atoms with E-state index in [1.165, 1.54) is 10.4 Å². The first kappa shape index (κ1) is 19.5. The van der Waals surface area contributed by atoms with Crippen molar-refractivity contribution < 1.29 is 27.4 Å². The van der Waals surface area contributed by atoms with E-state index in [-0.39, 0.29) is 30.3 Å². The van der Waals surface area contributed by atoms with Crippen LogP contribution in [0.15, 0.2) is 23.1 Å². The lowest BCUT2D eigenvalue weighted by molar-refractivity contribution is -0.139. The maximum Gasteiger partial charge on any atom is 0.243 e. The average molecular weight is 410 g/mol. The Hall–Kier alpha value is -1.84. The maximum absolute atomic E-state index is 13.4. The van der Waals surface area contributed by atoms with Crippen LogP contribution in [0, 0.1) is 0 Å². The molecule has 0 aliphatic carbocycles. The van der Waals surface area contributed by atoms with Gasteiger partial charge in [0.05, 0.1) is 10.4 Å². The summed E-state index contributed by atoms with van der Waals surface area (Å²) in [4.78, 5) is 14.8. The molecule has 8 nitrogen and oxygen atoms in total. The number of benzene rings is 1. The van der Waals surface area contributed by atoms with Gasteiger partial charge in [-0.05, 0) is 31.9 Å². The van der Waals surface area contributed by atoms with Gasteiger partial charge in [0.2, 0.25) is 15.9 Å². The molecule has 1 aromatic carbocycles. The van der Waals surface area contributed by atoms with Crippen LogP contribution in [-0.4, -0.2) is 75.1 Å². The SMILES string of the molecule is CCN1C(=O)CCN(S(=O)(=O)c2ccc3c(c2)OCCO3)CC12CCOCC2. The predicted octanol–water partition coefficient (Wildman–Crippen LogP) is 1.25. The summed E-state index contributed by atoms with van der Waals surface area (Å²) in [6.07, 6.45) is 1.46. The summed E-state index contributed by atoms with van der Waals surface area (Å²) in [6.45, 7) is 4.87. The van der Waals surface area contributed by atoms with E-state index in [9.17, 15) is 13.2 Å². The van der Waals surface area contributed by atoms with E-state index in [0.29, 0.717) is 57.3 Å². The molecule has 9 heteroatoms. The lowest BCUT2D eigenvalue weighted by Crippen LogP contribution is -2.58. The highest BCUT2D eigenvalue weighted by molar-refractivity contribution is 7.89. The summed E-state index contributed by atoms with van der Waals surface area (Å²) in [5, 5.41) is 0. The smallest absolute Gasteiger partial charge is 0.243 e. The summed E-state index contributed by atoms with van der Waals surface area (Å²) in [5.41, 5.74) is -0.512. The minimum absolute atomic E-state index is 0.00396. The Morgan fingerprint density at radius 1 is 1.07 bits per heavy atom. The molecule has 1 spiro atoms. The minimum atomic E-state index is -3.77. The Kier molecular flexibility index (Phi) is 5.24. The molecule has 0 unspecified atom stereocenters. The molecule has 0 N–H and O–H groups in total. The summed E-state index contributed by atoms with van der Waals surface area (Å²) < 4.78 is 44.8. The third kappa shape index (κ3) is 3.35. The van der Waals surface area contributed by atoms with Crippen molar-refractivity contribution in [2.45, 2.75) is 36.6 Å². The third-order valence-corrected chi connectivity index (χ3v) is 7.65. The molecule has 0 radical (unpaired) electrons. The van der Waals surface area contributed by atoms with Crippen LogP contribution in [-0.2, 0) is 19.6 Å². The van der Waals surface area contributed by atoms with E-state index in [1.807, 2.05) is 11.8 Å². The van der Waals surface area contributed by atoms with E-state index in [4.69, 9.17) is 14.2 Å². The third-order valence-electron chi connectivity index (χ3n) is 5.81. The van der Waals surface area contributed by atoms with Gasteiger partial charge in [-0.25, -0.2) is 8.42 Å². The average Bonchev–Trinajstić information content (AvgIpc) is 2.84. The van der Waals surface area contributed by atoms with Crippen molar-refractivity contribution in [2.24, 2.45) is 0 Å². The van der Waals surface area contributed by atoms with Gasteiger partial charge in [0.25, 0.3) is 0 Å². The van der Waals surface area contributed by atoms with Crippen LogP contribution < -0.4 is 9.47 Å². The van der Waals surface area contributed by atoms with Crippen molar-refractivity contribution in [3.63, 3.8) is 0 Å². The molecule has 0 atom stereocenters. The number of fused-ring (bicyclic) bond motifs is 1. The van der Waals surface area contributed by atoms with Crippen molar-refractivity contribution in [1.29, 1.82) is 0 Å². The second kappa shape index (κ2) is 7.53. The molecule has 2 saturated heterocycles. The Balaban J connectivity index is 1.68. The minimum Gasteiger partial charge on any atom is -0.486 e. The topological polar surface area (TPSA) is 85.4 Å². The molecular weight excluding hydrogens is 384 g/mol. The number of rotatable bonds is 3. The van der Waals surface area contributed by atoms with Gasteiger partial charge in [-0.1, -0.05) is 0 Å². The van der Waals surface area contributed by atoms with Crippen LogP contribution in [0.1, 0.15) is 26.2 Å². The molecule has 3 aliphatic rings. The molecular formula is C19H26N2O6S. The van der Waals surface area contributed by atoms with Crippen LogP contribution in [0.2, 0.25) is 0 Å². The molecule has 2 fully saturated rings. The van der Waals surface area contributed by atoms with Crippen molar-refractivity contribution in [3.05, 3.63) is 18.2 Å². The first-order valence-corrected chi connectivity index (χ1v) is 11.2. The van der Waals surface area contributed by atoms with Crippen molar-refractivity contribution in [2.75, 3.05) is 46.1 Å². The number of hydrogen-bond acceptors (Lipinski definition) is 6. The first-order valence-electron chi connectivity index (χ1n) is 9.74. The molecule has 0 aromatic heterocycles. The van der Waals surface area contributed by atoms with E-state index < -0.39 is 15.6 Å². The summed E-state index contributed by atoms with van der Waals surface area (Å²) in [5.74, 6) is 0.993. The Labute approximate surface area is 165 Å². The maximum atomic E-state index is 13.4. The lowest BCUT2D eigenvalue weighted by Gasteiger charge is -2.46. The zero-order valence-corrected chi connectivity index (χ0v) is 16.9. The van der Waals surface area contributed by atoms with Crippen LogP contribution in [0.5, 0.6) is 11.5 Å². The molecule has 3 aliphatic heterocycles. The van der Waals surface area contributed by atoms with E-state index >= 15 is 0 Å². The molecule has 1 aromatic rings. The molecule has 28 heavy (non-hydrogen) atoms. The number of amides is 1. The number of carbonyl (C=O) groups excluding carboxylic acids is 1. The second-order valence-electron chi connectivity index (χ2n) is 7.37. The molecule has 4 rings (SSSR count). The molecule has 154 valence electrons. The fourth-order valence-corrected chi connectivity index (χ4v) is 5.88. The quantitative estimate of drug-likeness (QED) is 0.746. The fraction of sp³-hybridized carbons (Fsp3) is 0.632. The normalized spacial score (nSPS) is 22.9. The zero-order valence-electron chi connectivity index (χ0n) is 16.1. The van der Waals surface area contributed by atoms with E-state index in [2.05, 4.69) is 0 Å². The number of likely N-dealkylation sites (N-methyl/N-ethyl adjacent to an activating group) is 1. The van der Waals surface area contributed by atoms with Crippen molar-refractivity contribution >= 4 is 15.9 Å². The summed E-state index contributed by atoms with van der Waals surface area (Å²) >= 11 is 0. The summed E-state index contributed by atoms with van der Waals surface area (Å²) in [6, 6.07) is 4.70. The first-order chi connectivity index (χ1) is 13.5. The number of carbonyl (C=O) groups is 1. The summed E-state index contributed by atoms with van der Waals surface area (Å²) in [7, 11) is -3.77. The van der Waals surface area contributed by atoms with Gasteiger partial charge in [0.1, 0.15) is 13.2 Å². The van der Waals surface area contributed by atoms with Gasteiger partial charge >= 0.3 is 0 Å². The number of nitrogens with zero attached hydrogens (tertiary/aromatic N) is 2. The highest BCUT2D eigenvalue weighted by Crippen LogP contribution is 2.36. The Morgan fingerprint density at radius 3 is 2.50 bits per heavy atom. The van der Waals surface area contributed by atoms with Gasteiger partial charge < -0.3 is 19.1 Å². The monoisotopic (exact) mass is 410 g/mol. The molecule has 0 bridgehead atoms. The number of hydrogen-bond donors (Lipinski definition) is 0. The predicted molar refractivity (Wildman–Crippen MR) is 101 cm³/mol. The highest BCUT2D eigenvalue weighted by Gasteiger charge is 2.46. The van der Waals surface area contributed by atoms with Crippen LogP contribution in [0.3, 0.4) is 0 Å². The molecule has 3 heterocycles. The van der Waals surface area contributed by atoms with Crippen LogP contribution in [0.25, 0.3) is 0 Å². The van der Waals surface area contributed by atoms with Gasteiger partial charge in [-0.15, -0.1) is 0 Å². The van der Waals surface area contributed by atoms with Gasteiger partial charge in [0, 0.05) is 45.3 Å². The van der Waals surface area contributed by atoms with Gasteiger partial charge in [-0.2, -0.15) is 4.31 Å².